The lowest BCUT2D eigenvalue weighted by Crippen LogP contribution is -2.08. The molecule has 1 aliphatic rings. The molecule has 0 spiro atoms. The summed E-state index contributed by atoms with van der Waals surface area (Å²) in [5, 5.41) is 0. The van der Waals surface area contributed by atoms with Gasteiger partial charge >= 0.3 is 0 Å². The molecule has 0 radical (unpaired) electrons. The van der Waals surface area contributed by atoms with Gasteiger partial charge in [-0.2, -0.15) is 0 Å². The number of rotatable bonds is 1. The molecule has 1 heterocycles. The molecule has 1 aromatic carbocycles. The maximum absolute atomic E-state index is 6.02. The summed E-state index contributed by atoms with van der Waals surface area (Å²) in [6, 6.07) is 5.91. The second-order valence-corrected chi connectivity index (χ2v) is 3.50. The van der Waals surface area contributed by atoms with E-state index < -0.39 is 0 Å². The molecular formula is C11H15NO2. The van der Waals surface area contributed by atoms with E-state index in [1.165, 1.54) is 0 Å². The molecule has 1 aromatic rings. The highest BCUT2D eigenvalue weighted by Gasteiger charge is 2.16. The van der Waals surface area contributed by atoms with E-state index in [-0.39, 0.29) is 6.04 Å². The Hall–Kier alpha value is -1.22. The monoisotopic (exact) mass is 193 g/mol. The van der Waals surface area contributed by atoms with Crippen LogP contribution in [0.5, 0.6) is 11.5 Å². The van der Waals surface area contributed by atoms with E-state index in [1.807, 2.05) is 18.2 Å². The lowest BCUT2D eigenvalue weighted by Gasteiger charge is -2.12. The van der Waals surface area contributed by atoms with Gasteiger partial charge < -0.3 is 15.2 Å². The fourth-order valence-electron chi connectivity index (χ4n) is 1.71. The molecule has 0 saturated carbocycles. The summed E-state index contributed by atoms with van der Waals surface area (Å²) in [5.74, 6) is 1.69. The Bertz CT molecular complexity index is 325. The van der Waals surface area contributed by atoms with Crippen LogP contribution < -0.4 is 15.2 Å². The maximum atomic E-state index is 6.02. The van der Waals surface area contributed by atoms with Crippen molar-refractivity contribution >= 4 is 0 Å². The predicted molar refractivity (Wildman–Crippen MR) is 54.7 cm³/mol. The maximum Gasteiger partial charge on any atom is 0.127 e. The minimum absolute atomic E-state index is 0.0957. The number of methoxy groups -OCH3 is 1. The largest absolute Gasteiger partial charge is 0.497 e. The van der Waals surface area contributed by atoms with Gasteiger partial charge in [-0.05, 0) is 18.9 Å². The summed E-state index contributed by atoms with van der Waals surface area (Å²) in [6.07, 6.45) is 2.00. The van der Waals surface area contributed by atoms with Crippen LogP contribution in [-0.2, 0) is 0 Å². The third-order valence-electron chi connectivity index (χ3n) is 2.54. The molecule has 1 atom stereocenters. The first-order chi connectivity index (χ1) is 6.81. The fourth-order valence-corrected chi connectivity index (χ4v) is 1.71. The molecule has 3 nitrogen and oxygen atoms in total. The van der Waals surface area contributed by atoms with Gasteiger partial charge in [-0.3, -0.25) is 0 Å². The van der Waals surface area contributed by atoms with Crippen molar-refractivity contribution in [1.82, 2.24) is 0 Å². The van der Waals surface area contributed by atoms with E-state index in [0.29, 0.717) is 0 Å². The molecule has 0 amide bonds. The van der Waals surface area contributed by atoms with Crippen LogP contribution in [0.15, 0.2) is 18.2 Å². The fraction of sp³-hybridized carbons (Fsp3) is 0.455. The molecule has 1 aliphatic heterocycles. The van der Waals surface area contributed by atoms with Gasteiger partial charge in [-0.1, -0.05) is 6.07 Å². The lowest BCUT2D eigenvalue weighted by molar-refractivity contribution is 0.313. The van der Waals surface area contributed by atoms with Crippen LogP contribution in [-0.4, -0.2) is 13.7 Å². The van der Waals surface area contributed by atoms with Crippen LogP contribution in [0.3, 0.4) is 0 Å². The normalized spacial score (nSPS) is 20.6. The summed E-state index contributed by atoms with van der Waals surface area (Å²) in [7, 11) is 1.65. The summed E-state index contributed by atoms with van der Waals surface area (Å²) >= 11 is 0. The van der Waals surface area contributed by atoms with Crippen molar-refractivity contribution in [3.63, 3.8) is 0 Å². The zero-order valence-electron chi connectivity index (χ0n) is 8.32. The van der Waals surface area contributed by atoms with Crippen molar-refractivity contribution in [2.24, 2.45) is 5.73 Å². The molecule has 0 unspecified atom stereocenters. The van der Waals surface area contributed by atoms with Crippen LogP contribution in [0.2, 0.25) is 0 Å². The van der Waals surface area contributed by atoms with Crippen molar-refractivity contribution in [2.75, 3.05) is 13.7 Å². The van der Waals surface area contributed by atoms with Crippen molar-refractivity contribution < 1.29 is 9.47 Å². The summed E-state index contributed by atoms with van der Waals surface area (Å²) in [4.78, 5) is 0. The van der Waals surface area contributed by atoms with Gasteiger partial charge in [-0.15, -0.1) is 0 Å². The number of hydrogen-bond donors (Lipinski definition) is 1. The van der Waals surface area contributed by atoms with Gasteiger partial charge in [0.1, 0.15) is 11.5 Å². The third-order valence-corrected chi connectivity index (χ3v) is 2.54. The predicted octanol–water partition coefficient (Wildman–Crippen LogP) is 1.87. The van der Waals surface area contributed by atoms with E-state index in [9.17, 15) is 0 Å². The van der Waals surface area contributed by atoms with Crippen molar-refractivity contribution in [1.29, 1.82) is 0 Å². The smallest absolute Gasteiger partial charge is 0.127 e. The third kappa shape index (κ3) is 1.68. The first kappa shape index (κ1) is 9.34. The van der Waals surface area contributed by atoms with Gasteiger partial charge in [0.25, 0.3) is 0 Å². The Morgan fingerprint density at radius 2 is 2.36 bits per heavy atom. The summed E-state index contributed by atoms with van der Waals surface area (Å²) in [6.45, 7) is 0.744. The standard InChI is InChI=1S/C11H15NO2/c1-13-8-4-5-9-10(12)3-2-6-14-11(9)7-8/h4-5,7,10H,2-3,6,12H2,1H3/t10-/m1/s1. The Balaban J connectivity index is 2.38. The Kier molecular flexibility index (Phi) is 2.59. The molecule has 0 aromatic heterocycles. The molecule has 76 valence electrons. The lowest BCUT2D eigenvalue weighted by atomic mass is 10.0. The minimum Gasteiger partial charge on any atom is -0.497 e. The first-order valence-electron chi connectivity index (χ1n) is 4.87. The molecule has 14 heavy (non-hydrogen) atoms. The van der Waals surface area contributed by atoms with Crippen LogP contribution in [0, 0.1) is 0 Å². The quantitative estimate of drug-likeness (QED) is 0.740. The van der Waals surface area contributed by atoms with Gasteiger partial charge in [0.15, 0.2) is 0 Å². The van der Waals surface area contributed by atoms with Crippen molar-refractivity contribution in [3.05, 3.63) is 23.8 Å². The van der Waals surface area contributed by atoms with Crippen molar-refractivity contribution in [3.8, 4) is 11.5 Å². The van der Waals surface area contributed by atoms with Crippen molar-refractivity contribution in [2.45, 2.75) is 18.9 Å². The highest BCUT2D eigenvalue weighted by atomic mass is 16.5. The number of hydrogen-bond acceptors (Lipinski definition) is 3. The Morgan fingerprint density at radius 1 is 1.50 bits per heavy atom. The van der Waals surface area contributed by atoms with E-state index in [0.717, 1.165) is 36.5 Å². The average Bonchev–Trinajstić information content (AvgIpc) is 2.40. The average molecular weight is 193 g/mol. The molecule has 0 bridgehead atoms. The van der Waals surface area contributed by atoms with Gasteiger partial charge in [0.2, 0.25) is 0 Å². The number of ether oxygens (including phenoxy) is 2. The van der Waals surface area contributed by atoms with E-state index in [1.54, 1.807) is 7.11 Å². The molecule has 3 heteroatoms. The Labute approximate surface area is 83.8 Å². The van der Waals surface area contributed by atoms with E-state index in [2.05, 4.69) is 0 Å². The van der Waals surface area contributed by atoms with Gasteiger partial charge in [-0.25, -0.2) is 0 Å². The summed E-state index contributed by atoms with van der Waals surface area (Å²) < 4.78 is 10.7. The van der Waals surface area contributed by atoms with Crippen LogP contribution in [0.25, 0.3) is 0 Å². The SMILES string of the molecule is COc1ccc2c(c1)OCCC[C@H]2N. The van der Waals surface area contributed by atoms with Crippen LogP contribution in [0.1, 0.15) is 24.4 Å². The molecule has 0 aliphatic carbocycles. The molecule has 2 rings (SSSR count). The summed E-state index contributed by atoms with van der Waals surface area (Å²) in [5.41, 5.74) is 7.10. The first-order valence-corrected chi connectivity index (χ1v) is 4.87. The van der Waals surface area contributed by atoms with E-state index in [4.69, 9.17) is 15.2 Å². The Morgan fingerprint density at radius 3 is 3.14 bits per heavy atom. The number of benzene rings is 1. The van der Waals surface area contributed by atoms with E-state index >= 15 is 0 Å². The molecule has 0 saturated heterocycles. The topological polar surface area (TPSA) is 44.5 Å². The molecular weight excluding hydrogens is 178 g/mol. The highest BCUT2D eigenvalue weighted by molar-refractivity contribution is 5.42. The molecule has 0 fully saturated rings. The van der Waals surface area contributed by atoms with Crippen LogP contribution >= 0.6 is 0 Å². The van der Waals surface area contributed by atoms with Gasteiger partial charge in [0.05, 0.1) is 13.7 Å². The zero-order chi connectivity index (χ0) is 9.97. The minimum atomic E-state index is 0.0957. The number of nitrogens with two attached hydrogens (primary N) is 1. The van der Waals surface area contributed by atoms with Gasteiger partial charge in [0, 0.05) is 17.7 Å². The van der Waals surface area contributed by atoms with Crippen LogP contribution in [0.4, 0.5) is 0 Å². The number of fused-ring (bicyclic) bond motifs is 1. The molecule has 2 N–H and O–H groups in total. The second-order valence-electron chi connectivity index (χ2n) is 3.50. The highest BCUT2D eigenvalue weighted by Crippen LogP contribution is 2.32. The second kappa shape index (κ2) is 3.88. The zero-order valence-corrected chi connectivity index (χ0v) is 8.32.